The highest BCUT2D eigenvalue weighted by molar-refractivity contribution is 5.78. The summed E-state index contributed by atoms with van der Waals surface area (Å²) >= 11 is 0. The molecule has 1 N–H and O–H groups in total. The van der Waals surface area contributed by atoms with Crippen LogP contribution in [0.1, 0.15) is 12.8 Å². The number of hydrogen-bond acceptors (Lipinski definition) is 6. The molecule has 1 amide bonds. The lowest BCUT2D eigenvalue weighted by Gasteiger charge is -2.26. The van der Waals surface area contributed by atoms with E-state index in [2.05, 4.69) is 19.8 Å². The molecule has 8 nitrogen and oxygen atoms in total. The molecule has 0 saturated carbocycles. The van der Waals surface area contributed by atoms with Gasteiger partial charge in [-0.25, -0.2) is 4.98 Å². The molecule has 1 aromatic carbocycles. The van der Waals surface area contributed by atoms with Crippen LogP contribution in [0.2, 0.25) is 0 Å². The Bertz CT molecular complexity index is 832. The van der Waals surface area contributed by atoms with E-state index in [9.17, 15) is 4.79 Å². The Morgan fingerprint density at radius 3 is 2.90 bits per heavy atom. The summed E-state index contributed by atoms with van der Waals surface area (Å²) in [6.07, 6.45) is 5.19. The molecular weight excluding hydrogens is 372 g/mol. The van der Waals surface area contributed by atoms with Gasteiger partial charge in [0.05, 0.1) is 20.3 Å². The zero-order valence-corrected chi connectivity index (χ0v) is 16.8. The van der Waals surface area contributed by atoms with E-state index in [0.717, 1.165) is 50.7 Å². The van der Waals surface area contributed by atoms with Gasteiger partial charge in [-0.05, 0) is 24.6 Å². The third-order valence-electron chi connectivity index (χ3n) is 5.41. The molecule has 3 heterocycles. The van der Waals surface area contributed by atoms with Crippen molar-refractivity contribution in [1.29, 1.82) is 0 Å². The highest BCUT2D eigenvalue weighted by Crippen LogP contribution is 2.32. The fourth-order valence-corrected chi connectivity index (χ4v) is 3.81. The molecule has 4 rings (SSSR count). The van der Waals surface area contributed by atoms with Gasteiger partial charge in [0.15, 0.2) is 11.5 Å². The lowest BCUT2D eigenvalue weighted by Crippen LogP contribution is -2.38. The molecule has 2 saturated heterocycles. The smallest absolute Gasteiger partial charge is 0.220 e. The summed E-state index contributed by atoms with van der Waals surface area (Å²) in [5.41, 5.74) is 0.960. The standard InChI is InChI=1S/C21H28N4O4/c1-27-18-4-2-16(14-19(18)29-13-10-24-8-11-28-12-9-24)21-22-6-7-25(21)15-17-3-5-20(26)23-17/h2,4,6-7,14,17H,3,5,8-13,15H2,1H3,(H,23,26). The number of benzene rings is 1. The molecule has 2 fully saturated rings. The minimum atomic E-state index is 0.122. The zero-order chi connectivity index (χ0) is 20.1. The first-order valence-electron chi connectivity index (χ1n) is 10.1. The second-order valence-electron chi connectivity index (χ2n) is 7.37. The van der Waals surface area contributed by atoms with Crippen molar-refractivity contribution in [3.63, 3.8) is 0 Å². The van der Waals surface area contributed by atoms with Crippen LogP contribution in [0.4, 0.5) is 0 Å². The number of imidazole rings is 1. The number of hydrogen-bond donors (Lipinski definition) is 1. The SMILES string of the molecule is COc1ccc(-c2nccn2CC2CCC(=O)N2)cc1OCCN1CCOCC1. The van der Waals surface area contributed by atoms with Gasteiger partial charge in [0.2, 0.25) is 5.91 Å². The Morgan fingerprint density at radius 2 is 2.14 bits per heavy atom. The molecule has 0 aliphatic carbocycles. The number of nitrogens with zero attached hydrogens (tertiary/aromatic N) is 3. The number of carbonyl (C=O) groups is 1. The first-order chi connectivity index (χ1) is 14.2. The highest BCUT2D eigenvalue weighted by Gasteiger charge is 2.22. The summed E-state index contributed by atoms with van der Waals surface area (Å²) in [6, 6.07) is 6.03. The van der Waals surface area contributed by atoms with E-state index in [4.69, 9.17) is 14.2 Å². The van der Waals surface area contributed by atoms with E-state index in [1.165, 1.54) is 0 Å². The van der Waals surface area contributed by atoms with Gasteiger partial charge in [0, 0.05) is 56.6 Å². The summed E-state index contributed by atoms with van der Waals surface area (Å²) in [7, 11) is 1.65. The number of methoxy groups -OCH3 is 1. The van der Waals surface area contributed by atoms with E-state index in [1.54, 1.807) is 13.3 Å². The number of ether oxygens (including phenoxy) is 3. The summed E-state index contributed by atoms with van der Waals surface area (Å²) in [4.78, 5) is 18.4. The maximum Gasteiger partial charge on any atom is 0.220 e. The Labute approximate surface area is 170 Å². The van der Waals surface area contributed by atoms with Crippen LogP contribution in [-0.2, 0) is 16.1 Å². The largest absolute Gasteiger partial charge is 0.493 e. The van der Waals surface area contributed by atoms with E-state index in [1.807, 2.05) is 24.4 Å². The molecule has 2 aliphatic heterocycles. The maximum absolute atomic E-state index is 11.5. The molecular formula is C21H28N4O4. The van der Waals surface area contributed by atoms with Crippen molar-refractivity contribution in [2.45, 2.75) is 25.4 Å². The Morgan fingerprint density at radius 1 is 1.28 bits per heavy atom. The predicted octanol–water partition coefficient (Wildman–Crippen LogP) is 1.55. The van der Waals surface area contributed by atoms with Crippen molar-refractivity contribution in [3.8, 4) is 22.9 Å². The van der Waals surface area contributed by atoms with Gasteiger partial charge in [-0.3, -0.25) is 9.69 Å². The molecule has 1 aromatic heterocycles. The molecule has 0 bridgehead atoms. The lowest BCUT2D eigenvalue weighted by atomic mass is 10.1. The molecule has 1 unspecified atom stereocenters. The van der Waals surface area contributed by atoms with Gasteiger partial charge < -0.3 is 24.1 Å². The first-order valence-corrected chi connectivity index (χ1v) is 10.1. The Kier molecular flexibility index (Phi) is 6.31. The molecule has 0 radical (unpaired) electrons. The normalized spacial score (nSPS) is 19.9. The molecule has 0 spiro atoms. The van der Waals surface area contributed by atoms with Crippen molar-refractivity contribution >= 4 is 5.91 Å². The van der Waals surface area contributed by atoms with E-state index in [0.29, 0.717) is 31.1 Å². The van der Waals surface area contributed by atoms with Crippen LogP contribution in [0, 0.1) is 0 Å². The minimum absolute atomic E-state index is 0.122. The van der Waals surface area contributed by atoms with Gasteiger partial charge in [-0.15, -0.1) is 0 Å². The van der Waals surface area contributed by atoms with Gasteiger partial charge in [0.1, 0.15) is 12.4 Å². The van der Waals surface area contributed by atoms with E-state index < -0.39 is 0 Å². The topological polar surface area (TPSA) is 77.9 Å². The van der Waals surface area contributed by atoms with Gasteiger partial charge in [-0.1, -0.05) is 0 Å². The average molecular weight is 400 g/mol. The number of nitrogens with one attached hydrogen (secondary N) is 1. The van der Waals surface area contributed by atoms with E-state index in [-0.39, 0.29) is 11.9 Å². The fraction of sp³-hybridized carbons (Fsp3) is 0.524. The summed E-state index contributed by atoms with van der Waals surface area (Å²) in [5.74, 6) is 2.39. The van der Waals surface area contributed by atoms with Crippen LogP contribution in [0.15, 0.2) is 30.6 Å². The van der Waals surface area contributed by atoms with Crippen molar-refractivity contribution in [2.24, 2.45) is 0 Å². The molecule has 8 heteroatoms. The molecule has 2 aromatic rings. The molecule has 156 valence electrons. The number of rotatable bonds is 8. The number of carbonyl (C=O) groups excluding carboxylic acids is 1. The van der Waals surface area contributed by atoms with Gasteiger partial charge in [0.25, 0.3) is 0 Å². The van der Waals surface area contributed by atoms with Crippen LogP contribution < -0.4 is 14.8 Å². The molecule has 1 atom stereocenters. The van der Waals surface area contributed by atoms with Crippen molar-refractivity contribution in [2.75, 3.05) is 46.6 Å². The summed E-state index contributed by atoms with van der Waals surface area (Å²) < 4.78 is 19.0. The molecule has 2 aliphatic rings. The van der Waals surface area contributed by atoms with Crippen LogP contribution in [-0.4, -0.2) is 73.0 Å². The van der Waals surface area contributed by atoms with Gasteiger partial charge in [-0.2, -0.15) is 0 Å². The van der Waals surface area contributed by atoms with Crippen molar-refractivity contribution in [3.05, 3.63) is 30.6 Å². The van der Waals surface area contributed by atoms with Crippen molar-refractivity contribution in [1.82, 2.24) is 19.8 Å². The van der Waals surface area contributed by atoms with Gasteiger partial charge >= 0.3 is 0 Å². The predicted molar refractivity (Wildman–Crippen MR) is 108 cm³/mol. The average Bonchev–Trinajstić information content (AvgIpc) is 3.38. The van der Waals surface area contributed by atoms with E-state index >= 15 is 0 Å². The molecule has 29 heavy (non-hydrogen) atoms. The minimum Gasteiger partial charge on any atom is -0.493 e. The third-order valence-corrected chi connectivity index (χ3v) is 5.41. The second-order valence-corrected chi connectivity index (χ2v) is 7.37. The second kappa shape index (κ2) is 9.28. The lowest BCUT2D eigenvalue weighted by molar-refractivity contribution is -0.119. The Hall–Kier alpha value is -2.58. The fourth-order valence-electron chi connectivity index (χ4n) is 3.81. The van der Waals surface area contributed by atoms with Crippen LogP contribution >= 0.6 is 0 Å². The highest BCUT2D eigenvalue weighted by atomic mass is 16.5. The zero-order valence-electron chi connectivity index (χ0n) is 16.8. The number of aromatic nitrogens is 2. The summed E-state index contributed by atoms with van der Waals surface area (Å²) in [5, 5.41) is 3.01. The Balaban J connectivity index is 1.45. The van der Waals surface area contributed by atoms with Crippen LogP contribution in [0.5, 0.6) is 11.5 Å². The number of morpholine rings is 1. The van der Waals surface area contributed by atoms with Crippen LogP contribution in [0.25, 0.3) is 11.4 Å². The number of amides is 1. The monoisotopic (exact) mass is 400 g/mol. The third kappa shape index (κ3) is 4.89. The van der Waals surface area contributed by atoms with Crippen LogP contribution in [0.3, 0.4) is 0 Å². The quantitative estimate of drug-likeness (QED) is 0.725. The summed E-state index contributed by atoms with van der Waals surface area (Å²) in [6.45, 7) is 5.59. The maximum atomic E-state index is 11.5. The van der Waals surface area contributed by atoms with Crippen molar-refractivity contribution < 1.29 is 19.0 Å². The first kappa shape index (κ1) is 19.7.